The van der Waals surface area contributed by atoms with Crippen molar-refractivity contribution in [2.45, 2.75) is 63.9 Å². The summed E-state index contributed by atoms with van der Waals surface area (Å²) in [6.07, 6.45) is 1.77. The first-order valence-corrected chi connectivity index (χ1v) is 16.5. The van der Waals surface area contributed by atoms with E-state index < -0.39 is 24.7 Å². The smallest absolute Gasteiger partial charge is 0.374 e. The quantitative estimate of drug-likeness (QED) is 0.152. The van der Waals surface area contributed by atoms with Crippen LogP contribution in [-0.2, 0) is 44.7 Å². The molecule has 0 spiro atoms. The molecule has 5 rings (SSSR count). The van der Waals surface area contributed by atoms with E-state index in [0.717, 1.165) is 33.8 Å². The van der Waals surface area contributed by atoms with Crippen molar-refractivity contribution < 1.29 is 28.1 Å². The van der Waals surface area contributed by atoms with E-state index in [9.17, 15) is 9.36 Å². The van der Waals surface area contributed by atoms with Gasteiger partial charge >= 0.3 is 7.60 Å². The van der Waals surface area contributed by atoms with Crippen LogP contribution in [0.2, 0.25) is 0 Å². The van der Waals surface area contributed by atoms with Crippen LogP contribution in [0.5, 0.6) is 11.5 Å². The zero-order valence-corrected chi connectivity index (χ0v) is 26.0. The highest BCUT2D eigenvalue weighted by atomic mass is 31.2. The van der Waals surface area contributed by atoms with Crippen LogP contribution in [0.3, 0.4) is 0 Å². The van der Waals surface area contributed by atoms with Gasteiger partial charge in [0, 0.05) is 0 Å². The van der Waals surface area contributed by atoms with E-state index in [1.807, 2.05) is 123 Å². The van der Waals surface area contributed by atoms with Crippen LogP contribution in [-0.4, -0.2) is 17.1 Å². The minimum Gasteiger partial charge on any atom is -0.489 e. The number of hydrogen-bond donors (Lipinski definition) is 2. The standard InChI is InChI=1S/C35H39N2O6P/c1-3-35(4-2,24-28-17-21-32(22-18-28)41-26-30-13-9-6-10-14-30)44(39)42-36-33(34(38)37-43-44)23-27-15-19-31(20-16-27)40-25-29-11-7-5-8-12-29/h5-22,33,36H,3-4,23-26H2,1-2H3,(H,37,38)/t33-,44?/m0/s1. The van der Waals surface area contributed by atoms with Gasteiger partial charge in [0.05, 0.1) is 5.16 Å². The highest BCUT2D eigenvalue weighted by Gasteiger charge is 2.52. The number of hydroxylamine groups is 2. The van der Waals surface area contributed by atoms with E-state index in [1.165, 1.54) is 0 Å². The van der Waals surface area contributed by atoms with Gasteiger partial charge in [-0.2, -0.15) is 10.1 Å². The van der Waals surface area contributed by atoms with Crippen LogP contribution in [0, 0.1) is 0 Å². The summed E-state index contributed by atoms with van der Waals surface area (Å²) in [5, 5.41) is -0.869. The lowest BCUT2D eigenvalue weighted by molar-refractivity contribution is -0.129. The monoisotopic (exact) mass is 614 g/mol. The van der Waals surface area contributed by atoms with Gasteiger partial charge in [0.1, 0.15) is 30.8 Å². The van der Waals surface area contributed by atoms with Crippen molar-refractivity contribution in [3.8, 4) is 11.5 Å². The Bertz CT molecular complexity index is 1530. The fourth-order valence-corrected chi connectivity index (χ4v) is 7.27. The van der Waals surface area contributed by atoms with Crippen molar-refractivity contribution >= 4 is 13.5 Å². The molecule has 1 saturated heterocycles. The van der Waals surface area contributed by atoms with Crippen LogP contribution in [0.25, 0.3) is 0 Å². The topological polar surface area (TPSA) is 95.1 Å². The predicted molar refractivity (Wildman–Crippen MR) is 170 cm³/mol. The number of carbonyl (C=O) groups excluding carboxylic acids is 1. The highest BCUT2D eigenvalue weighted by molar-refractivity contribution is 7.55. The van der Waals surface area contributed by atoms with E-state index in [0.29, 0.717) is 38.9 Å². The SMILES string of the molecule is CCC(CC)(Cc1ccc(OCc2ccccc2)cc1)P1(=O)ONC(=O)[C@H](Cc2ccc(OCc3ccccc3)cc2)NO1. The summed E-state index contributed by atoms with van der Waals surface area (Å²) in [4.78, 5) is 13.0. The highest BCUT2D eigenvalue weighted by Crippen LogP contribution is 2.63. The Balaban J connectivity index is 1.20. The molecule has 4 aromatic rings. The van der Waals surface area contributed by atoms with Gasteiger partial charge in [-0.1, -0.05) is 98.8 Å². The van der Waals surface area contributed by atoms with Gasteiger partial charge in [-0.15, -0.1) is 0 Å². The molecule has 1 heterocycles. The van der Waals surface area contributed by atoms with Crippen LogP contribution in [0.1, 0.15) is 48.9 Å². The number of benzene rings is 4. The molecule has 1 fully saturated rings. The summed E-state index contributed by atoms with van der Waals surface area (Å²) in [7, 11) is -3.85. The summed E-state index contributed by atoms with van der Waals surface area (Å²) >= 11 is 0. The molecule has 1 amide bonds. The third-order valence-electron chi connectivity index (χ3n) is 8.11. The normalized spacial score (nSPS) is 18.7. The third-order valence-corrected chi connectivity index (χ3v) is 10.7. The summed E-state index contributed by atoms with van der Waals surface area (Å²) in [6.45, 7) is 4.86. The average Bonchev–Trinajstić information content (AvgIpc) is 3.22. The minimum absolute atomic E-state index is 0.309. The fraction of sp³-hybridized carbons (Fsp3) is 0.286. The molecule has 1 unspecified atom stereocenters. The number of amides is 1. The van der Waals surface area contributed by atoms with Gasteiger partial charge in [0.2, 0.25) is 0 Å². The molecule has 1 aliphatic rings. The first-order valence-electron chi connectivity index (χ1n) is 15.0. The molecule has 230 valence electrons. The van der Waals surface area contributed by atoms with E-state index in [2.05, 4.69) is 11.0 Å². The first kappa shape index (κ1) is 31.5. The van der Waals surface area contributed by atoms with Gasteiger partial charge in [-0.05, 0) is 72.2 Å². The Kier molecular flexibility index (Phi) is 10.5. The summed E-state index contributed by atoms with van der Waals surface area (Å²) in [6, 6.07) is 34.4. The molecule has 44 heavy (non-hydrogen) atoms. The zero-order valence-electron chi connectivity index (χ0n) is 25.1. The fourth-order valence-electron chi connectivity index (χ4n) is 5.22. The second-order valence-electron chi connectivity index (χ2n) is 11.0. The molecule has 0 aromatic heterocycles. The maximum absolute atomic E-state index is 14.3. The van der Waals surface area contributed by atoms with Crippen LogP contribution >= 0.6 is 7.60 Å². The lowest BCUT2D eigenvalue weighted by Gasteiger charge is -2.36. The molecular weight excluding hydrogens is 575 g/mol. The zero-order chi connectivity index (χ0) is 30.8. The number of nitrogens with one attached hydrogen (secondary N) is 2. The molecule has 0 aliphatic carbocycles. The molecular formula is C35H39N2O6P. The predicted octanol–water partition coefficient (Wildman–Crippen LogP) is 7.33. The number of ether oxygens (including phenoxy) is 2. The maximum Gasteiger partial charge on any atom is 0.374 e. The van der Waals surface area contributed by atoms with E-state index in [1.54, 1.807) is 0 Å². The van der Waals surface area contributed by atoms with Gasteiger partial charge in [-0.25, -0.2) is 10.1 Å². The summed E-state index contributed by atoms with van der Waals surface area (Å²) in [5.74, 6) is 1.02. The molecule has 0 bridgehead atoms. The third kappa shape index (κ3) is 7.76. The van der Waals surface area contributed by atoms with Crippen molar-refractivity contribution in [2.24, 2.45) is 0 Å². The number of rotatable bonds is 13. The first-order chi connectivity index (χ1) is 21.4. The van der Waals surface area contributed by atoms with Crippen molar-refractivity contribution in [1.29, 1.82) is 0 Å². The van der Waals surface area contributed by atoms with Crippen LogP contribution in [0.15, 0.2) is 109 Å². The van der Waals surface area contributed by atoms with Crippen molar-refractivity contribution in [3.63, 3.8) is 0 Å². The Hall–Kier alpha value is -3.94. The van der Waals surface area contributed by atoms with Crippen LogP contribution < -0.4 is 20.4 Å². The number of hydrogen-bond acceptors (Lipinski definition) is 7. The Labute approximate surface area is 259 Å². The lowest BCUT2D eigenvalue weighted by Crippen LogP contribution is -2.41. The lowest BCUT2D eigenvalue weighted by atomic mass is 9.93. The Morgan fingerprint density at radius 1 is 0.682 bits per heavy atom. The molecule has 1 aliphatic heterocycles. The largest absolute Gasteiger partial charge is 0.489 e. The second kappa shape index (κ2) is 14.7. The molecule has 9 heteroatoms. The van der Waals surface area contributed by atoms with Gasteiger partial charge in [0.25, 0.3) is 5.91 Å². The molecule has 0 saturated carbocycles. The Morgan fingerprint density at radius 3 is 1.68 bits per heavy atom. The maximum atomic E-state index is 14.3. The van der Waals surface area contributed by atoms with Gasteiger partial charge in [0.15, 0.2) is 0 Å². The average molecular weight is 615 g/mol. The second-order valence-corrected chi connectivity index (χ2v) is 13.3. The molecule has 2 N–H and O–H groups in total. The minimum atomic E-state index is -3.85. The molecule has 8 nitrogen and oxygen atoms in total. The van der Waals surface area contributed by atoms with E-state index >= 15 is 0 Å². The van der Waals surface area contributed by atoms with Crippen LogP contribution in [0.4, 0.5) is 0 Å². The van der Waals surface area contributed by atoms with Gasteiger partial charge < -0.3 is 9.47 Å². The van der Waals surface area contributed by atoms with E-state index in [4.69, 9.17) is 18.7 Å². The number of carbonyl (C=O) groups is 1. The molecule has 4 aromatic carbocycles. The van der Waals surface area contributed by atoms with E-state index in [-0.39, 0.29) is 0 Å². The van der Waals surface area contributed by atoms with Crippen molar-refractivity contribution in [2.75, 3.05) is 0 Å². The Morgan fingerprint density at radius 2 is 1.18 bits per heavy atom. The van der Waals surface area contributed by atoms with Gasteiger partial charge in [-0.3, -0.25) is 9.36 Å². The van der Waals surface area contributed by atoms with Crippen molar-refractivity contribution in [3.05, 3.63) is 131 Å². The molecule has 2 atom stereocenters. The van der Waals surface area contributed by atoms with Crippen molar-refractivity contribution in [1.82, 2.24) is 11.0 Å². The summed E-state index contributed by atoms with van der Waals surface area (Å²) in [5.41, 5.74) is 9.22. The molecule has 0 radical (unpaired) electrons. The summed E-state index contributed by atoms with van der Waals surface area (Å²) < 4.78 is 37.5.